The number of rotatable bonds is 3. The third-order valence-corrected chi connectivity index (χ3v) is 0.890. The summed E-state index contributed by atoms with van der Waals surface area (Å²) in [5, 5.41) is 11.7. The summed E-state index contributed by atoms with van der Waals surface area (Å²) in [6.07, 6.45) is -0.701. The zero-order valence-corrected chi connectivity index (χ0v) is 9.26. The predicted octanol–water partition coefficient (Wildman–Crippen LogP) is -1.23. The molecule has 0 amide bonds. The van der Waals surface area contributed by atoms with Crippen molar-refractivity contribution in [2.75, 3.05) is 12.4 Å². The molecule has 0 saturated carbocycles. The maximum Gasteiger partial charge on any atom is 1.00 e. The van der Waals surface area contributed by atoms with Gasteiger partial charge in [-0.2, -0.15) is 0 Å². The number of nitrogens with zero attached hydrogens (tertiary/aromatic N) is 6. The number of hydrogen-bond acceptors (Lipinski definition) is 2. The fraction of sp³-hybridized carbons (Fsp3) is 1.00. The second kappa shape index (κ2) is 17.1. The van der Waals surface area contributed by atoms with E-state index in [2.05, 4.69) is 10.0 Å². The maximum absolute atomic E-state index is 8.59. The van der Waals surface area contributed by atoms with Crippen molar-refractivity contribution in [2.45, 2.75) is 6.10 Å². The maximum atomic E-state index is 8.59. The molecule has 0 aromatic heterocycles. The summed E-state index contributed by atoms with van der Waals surface area (Å²) in [5.74, 6) is 0.110. The molecule has 0 saturated heterocycles. The number of aliphatic hydroxyl groups excluding tert-OH is 1. The largest absolute Gasteiger partial charge is 1.00 e. The van der Waals surface area contributed by atoms with Crippen LogP contribution in [0.5, 0.6) is 0 Å². The fourth-order valence-electron chi connectivity index (χ4n) is 0.180. The van der Waals surface area contributed by atoms with E-state index < -0.39 is 6.10 Å². The molecule has 1 N–H and O–H groups in total. The molecule has 1 atom stereocenters. The molecule has 0 spiro atoms. The van der Waals surface area contributed by atoms with E-state index in [0.717, 1.165) is 0 Å². The first-order valence-electron chi connectivity index (χ1n) is 2.46. The minimum absolute atomic E-state index is 0. The number of hydrogen-bond donors (Lipinski definition) is 1. The molecule has 9 heteroatoms. The summed E-state index contributed by atoms with van der Waals surface area (Å²) < 4.78 is 0. The van der Waals surface area contributed by atoms with Crippen LogP contribution < -0.4 is 29.6 Å². The number of halogens is 1. The molecule has 0 bridgehead atoms. The Morgan fingerprint density at radius 3 is 2.08 bits per heavy atom. The Morgan fingerprint density at radius 2 is 1.83 bits per heavy atom. The Bertz CT molecular complexity index is 164. The van der Waals surface area contributed by atoms with Crippen molar-refractivity contribution in [3.8, 4) is 0 Å². The second-order valence-corrected chi connectivity index (χ2v) is 1.62. The van der Waals surface area contributed by atoms with Crippen molar-refractivity contribution in [3.63, 3.8) is 0 Å². The first kappa shape index (κ1) is 17.8. The van der Waals surface area contributed by atoms with Crippen LogP contribution in [0.1, 0.15) is 0 Å². The van der Waals surface area contributed by atoms with Gasteiger partial charge in [-0.05, 0) is 5.53 Å². The second-order valence-electron chi connectivity index (χ2n) is 1.31. The smallest absolute Gasteiger partial charge is 0.392 e. The van der Waals surface area contributed by atoms with E-state index in [4.69, 9.17) is 33.3 Å². The Hall–Kier alpha value is -0.130. The summed E-state index contributed by atoms with van der Waals surface area (Å²) >= 11 is 5.15. The third-order valence-electron chi connectivity index (χ3n) is 0.534. The first-order chi connectivity index (χ1) is 5.22. The van der Waals surface area contributed by atoms with E-state index in [1.807, 2.05) is 0 Å². The van der Waals surface area contributed by atoms with Crippen molar-refractivity contribution < 1.29 is 34.7 Å². The van der Waals surface area contributed by atoms with Gasteiger partial charge in [0.15, 0.2) is 0 Å². The van der Waals surface area contributed by atoms with Gasteiger partial charge in [-0.3, -0.25) is 4.91 Å². The Morgan fingerprint density at radius 1 is 1.42 bits per heavy atom. The summed E-state index contributed by atoms with van der Waals surface area (Å²) in [6, 6.07) is 0. The van der Waals surface area contributed by atoms with Crippen LogP contribution in [-0.2, 0) is 0 Å². The quantitative estimate of drug-likeness (QED) is 0.198. The Kier molecular flexibility index (Phi) is 25.4. The summed E-state index contributed by atoms with van der Waals surface area (Å²) in [5.41, 5.74) is 21.2. The number of aliphatic hydroxyl groups is 1. The summed E-state index contributed by atoms with van der Waals surface area (Å²) in [7, 11) is 0. The van der Waals surface area contributed by atoms with E-state index in [1.165, 1.54) is 4.91 Å². The van der Waals surface area contributed by atoms with Crippen LogP contribution in [-0.4, -0.2) is 23.6 Å². The van der Waals surface area contributed by atoms with Gasteiger partial charge < -0.3 is 16.2 Å². The zero-order valence-electron chi connectivity index (χ0n) is 6.50. The molecule has 0 fully saturated rings. The topological polar surface area (TPSA) is 128 Å². The van der Waals surface area contributed by atoms with E-state index in [-0.39, 0.29) is 42.0 Å². The minimum Gasteiger partial charge on any atom is -0.392 e. The van der Waals surface area contributed by atoms with Crippen molar-refractivity contribution in [1.29, 1.82) is 0 Å². The van der Waals surface area contributed by atoms with Gasteiger partial charge >= 0.3 is 29.6 Å². The molecule has 0 aliphatic heterocycles. The standard InChI is InChI=1S/C3H6ClN3O.N3.Na/c4-1-3(8)2-6-7-5;1-3-2;/h3,8H,1-2H2;;/q;-1;+1. The fourth-order valence-corrected chi connectivity index (χ4v) is 0.277. The van der Waals surface area contributed by atoms with Crippen LogP contribution in [0.25, 0.3) is 26.4 Å². The molecule has 12 heavy (non-hydrogen) atoms. The molecule has 0 radical (unpaired) electrons. The third kappa shape index (κ3) is 22.5. The molecule has 7 nitrogen and oxygen atoms in total. The molecular formula is C3H6ClN6NaO. The molecule has 1 unspecified atom stereocenters. The van der Waals surface area contributed by atoms with E-state index in [9.17, 15) is 0 Å². The predicted molar refractivity (Wildman–Crippen MR) is 40.8 cm³/mol. The van der Waals surface area contributed by atoms with Gasteiger partial charge in [0.25, 0.3) is 0 Å². The average molecular weight is 201 g/mol. The van der Waals surface area contributed by atoms with Crippen LogP contribution in [0.4, 0.5) is 0 Å². The van der Waals surface area contributed by atoms with Gasteiger partial charge in [-0.25, -0.2) is 0 Å². The minimum atomic E-state index is -0.701. The first-order valence-corrected chi connectivity index (χ1v) is 2.99. The van der Waals surface area contributed by atoms with E-state index in [1.54, 1.807) is 0 Å². The van der Waals surface area contributed by atoms with E-state index in [0.29, 0.717) is 0 Å². The number of azide groups is 1. The molecule has 0 aromatic carbocycles. The average Bonchev–Trinajstić information content (AvgIpc) is 2.02. The van der Waals surface area contributed by atoms with Crippen LogP contribution in [0.15, 0.2) is 5.11 Å². The normalized spacial score (nSPS) is 8.83. The summed E-state index contributed by atoms with van der Waals surface area (Å²) in [6.45, 7) is 0.0556. The SMILES string of the molecule is [N-]=[N+]=NCC(O)CCl.[N-]=[N+]=[N-].[Na+]. The molecule has 0 rings (SSSR count). The van der Waals surface area contributed by atoms with Crippen LogP contribution in [0.3, 0.4) is 0 Å². The Labute approximate surface area is 96.0 Å². The molecule has 0 aromatic rings. The zero-order chi connectivity index (χ0) is 9.11. The van der Waals surface area contributed by atoms with Crippen LogP contribution in [0.2, 0.25) is 0 Å². The van der Waals surface area contributed by atoms with Gasteiger partial charge in [-0.1, -0.05) is 5.11 Å². The van der Waals surface area contributed by atoms with Gasteiger partial charge in [0.05, 0.1) is 12.6 Å². The summed E-state index contributed by atoms with van der Waals surface area (Å²) in [4.78, 5) is 3.93. The van der Waals surface area contributed by atoms with Gasteiger partial charge in [-0.15, -0.1) is 11.6 Å². The van der Waals surface area contributed by atoms with Crippen molar-refractivity contribution in [2.24, 2.45) is 5.11 Å². The molecule has 0 aliphatic rings. The monoisotopic (exact) mass is 200 g/mol. The van der Waals surface area contributed by atoms with Crippen LogP contribution >= 0.6 is 11.6 Å². The molecule has 0 heterocycles. The van der Waals surface area contributed by atoms with E-state index >= 15 is 0 Å². The van der Waals surface area contributed by atoms with Crippen molar-refractivity contribution >= 4 is 11.6 Å². The van der Waals surface area contributed by atoms with Gasteiger partial charge in [0.1, 0.15) is 0 Å². The molecule has 0 aliphatic carbocycles. The van der Waals surface area contributed by atoms with Gasteiger partial charge in [0.2, 0.25) is 0 Å². The molecular weight excluding hydrogens is 195 g/mol. The van der Waals surface area contributed by atoms with Crippen molar-refractivity contribution in [3.05, 3.63) is 26.4 Å². The molecule has 62 valence electrons. The van der Waals surface area contributed by atoms with Crippen LogP contribution in [0, 0.1) is 0 Å². The van der Waals surface area contributed by atoms with Gasteiger partial charge in [0, 0.05) is 10.8 Å². The number of alkyl halides is 1. The van der Waals surface area contributed by atoms with Crippen molar-refractivity contribution in [1.82, 2.24) is 0 Å². The Balaban J connectivity index is -0.000000177.